The first kappa shape index (κ1) is 33.2. The minimum absolute atomic E-state index is 0.00624. The molecule has 3 unspecified atom stereocenters. The van der Waals surface area contributed by atoms with Crippen LogP contribution in [-0.2, 0) is 21.7 Å². The van der Waals surface area contributed by atoms with Crippen LogP contribution in [0.3, 0.4) is 0 Å². The molecule has 0 aliphatic heterocycles. The number of rotatable bonds is 14. The van der Waals surface area contributed by atoms with Gasteiger partial charge in [0.1, 0.15) is 5.75 Å². The highest BCUT2D eigenvalue weighted by molar-refractivity contribution is 7.79. The Morgan fingerprint density at radius 3 is 2.05 bits per heavy atom. The van der Waals surface area contributed by atoms with Crippen LogP contribution >= 0.6 is 21.2 Å². The van der Waals surface area contributed by atoms with Gasteiger partial charge >= 0.3 is 0 Å². The molecule has 0 heterocycles. The van der Waals surface area contributed by atoms with Crippen molar-refractivity contribution in [3.05, 3.63) is 58.1 Å². The molecule has 0 spiro atoms. The molecule has 0 saturated heterocycles. The van der Waals surface area contributed by atoms with Crippen molar-refractivity contribution in [2.75, 3.05) is 0 Å². The molecule has 3 heteroatoms. The Labute approximate surface area is 243 Å². The third-order valence-electron chi connectivity index (χ3n) is 8.86. The van der Waals surface area contributed by atoms with E-state index in [1.807, 2.05) is 0 Å². The predicted molar refractivity (Wildman–Crippen MR) is 176 cm³/mol. The fourth-order valence-corrected chi connectivity index (χ4v) is 7.69. The van der Waals surface area contributed by atoms with Gasteiger partial charge < -0.3 is 5.11 Å². The zero-order chi connectivity index (χ0) is 28.7. The Kier molecular flexibility index (Phi) is 12.3. The van der Waals surface area contributed by atoms with E-state index >= 15 is 0 Å². The van der Waals surface area contributed by atoms with Crippen LogP contribution in [0.2, 0.25) is 0 Å². The van der Waals surface area contributed by atoms with Crippen molar-refractivity contribution in [3.8, 4) is 5.75 Å². The maximum Gasteiger partial charge on any atom is 0.123 e. The summed E-state index contributed by atoms with van der Waals surface area (Å²) in [5.41, 5.74) is 6.12. The number of aromatic hydroxyl groups is 1. The molecule has 1 N–H and O–H groups in total. The van der Waals surface area contributed by atoms with Gasteiger partial charge in [0.25, 0.3) is 0 Å². The Bertz CT molecular complexity index is 1030. The van der Waals surface area contributed by atoms with Crippen LogP contribution in [-0.4, -0.2) is 5.11 Å². The van der Waals surface area contributed by atoms with E-state index in [4.69, 9.17) is 12.6 Å². The highest BCUT2D eigenvalue weighted by Crippen LogP contribution is 2.53. The molecule has 0 aromatic heterocycles. The Hall–Kier alpha value is -0.980. The van der Waals surface area contributed by atoms with Crippen LogP contribution in [0.25, 0.3) is 0 Å². The fourth-order valence-electron chi connectivity index (χ4n) is 5.57. The summed E-state index contributed by atoms with van der Waals surface area (Å²) in [6.07, 6.45) is 9.64. The largest absolute Gasteiger partial charge is 0.507 e. The second-order valence-corrected chi connectivity index (χ2v) is 15.7. The van der Waals surface area contributed by atoms with Crippen LogP contribution in [0.4, 0.5) is 0 Å². The fraction of sp³-hybridized carbons (Fsp3) is 0.657. The van der Waals surface area contributed by atoms with E-state index in [1.54, 1.807) is 0 Å². The Balaban J connectivity index is 2.74. The summed E-state index contributed by atoms with van der Waals surface area (Å²) in [5, 5.41) is 13.4. The molecule has 0 bridgehead atoms. The summed E-state index contributed by atoms with van der Waals surface area (Å²) in [7, 11) is 0.581. The number of unbranched alkanes of at least 4 members (excludes halogenated alkanes) is 4. The molecule has 2 aromatic rings. The van der Waals surface area contributed by atoms with Crippen molar-refractivity contribution in [3.63, 3.8) is 0 Å². The summed E-state index contributed by atoms with van der Waals surface area (Å²) in [6.45, 7) is 23.1. The van der Waals surface area contributed by atoms with Crippen molar-refractivity contribution in [1.82, 2.24) is 0 Å². The number of aryl methyl sites for hydroxylation is 1. The average Bonchev–Trinajstić information content (AvgIpc) is 2.84. The third kappa shape index (κ3) is 8.27. The minimum atomic E-state index is -0.135. The van der Waals surface area contributed by atoms with Crippen LogP contribution in [0.1, 0.15) is 141 Å². The van der Waals surface area contributed by atoms with E-state index in [0.29, 0.717) is 20.2 Å². The summed E-state index contributed by atoms with van der Waals surface area (Å²) >= 11 is 4.69. The lowest BCUT2D eigenvalue weighted by Gasteiger charge is -2.39. The zero-order valence-electron chi connectivity index (χ0n) is 26.2. The molecule has 38 heavy (non-hydrogen) atoms. The maximum atomic E-state index is 12.2. The summed E-state index contributed by atoms with van der Waals surface area (Å²) in [4.78, 5) is 0. The first-order valence-electron chi connectivity index (χ1n) is 15.1. The zero-order valence-corrected chi connectivity index (χ0v) is 28.1. The summed E-state index contributed by atoms with van der Waals surface area (Å²) in [6, 6.07) is 11.5. The van der Waals surface area contributed by atoms with E-state index in [1.165, 1.54) is 66.9 Å². The van der Waals surface area contributed by atoms with Gasteiger partial charge in [0.15, 0.2) is 0 Å². The lowest BCUT2D eigenvalue weighted by atomic mass is 9.69. The molecule has 2 aromatic carbocycles. The average molecular weight is 557 g/mol. The number of hydrogen-bond donors (Lipinski definition) is 2. The Morgan fingerprint density at radius 1 is 0.868 bits per heavy atom. The first-order valence-corrected chi connectivity index (χ1v) is 16.7. The maximum absolute atomic E-state index is 12.2. The van der Waals surface area contributed by atoms with Gasteiger partial charge in [-0.15, -0.1) is 0 Å². The van der Waals surface area contributed by atoms with Gasteiger partial charge in [-0.25, -0.2) is 0 Å². The molecule has 0 radical (unpaired) electrons. The highest BCUT2D eigenvalue weighted by Gasteiger charge is 2.37. The quantitative estimate of drug-likeness (QED) is 0.135. The molecule has 0 saturated carbocycles. The third-order valence-corrected chi connectivity index (χ3v) is 11.0. The lowest BCUT2D eigenvalue weighted by Crippen LogP contribution is -2.30. The van der Waals surface area contributed by atoms with Gasteiger partial charge in [-0.1, -0.05) is 145 Å². The molecule has 214 valence electrons. The predicted octanol–water partition coefficient (Wildman–Crippen LogP) is 10.7. The van der Waals surface area contributed by atoms with Crippen molar-refractivity contribution in [2.24, 2.45) is 5.92 Å². The molecule has 1 nitrogen and oxygen atoms in total. The van der Waals surface area contributed by atoms with Crippen molar-refractivity contribution >= 4 is 26.5 Å². The number of phenols is 1. The van der Waals surface area contributed by atoms with Crippen LogP contribution in [0, 0.1) is 12.8 Å². The number of hydrogen-bond acceptors (Lipinski definition) is 2. The summed E-state index contributed by atoms with van der Waals surface area (Å²) < 4.78 is 0. The van der Waals surface area contributed by atoms with Gasteiger partial charge in [0.2, 0.25) is 0 Å². The SMILES string of the molecule is CCCCCC(C)C(C)(C)c1cc(C(C)(C)C)cc(C(C)(CCCCC)Pc2ccc(C)cc2CS)c1O. The van der Waals surface area contributed by atoms with Crippen LogP contribution < -0.4 is 5.30 Å². The Morgan fingerprint density at radius 2 is 1.47 bits per heavy atom. The van der Waals surface area contributed by atoms with Gasteiger partial charge in [-0.3, -0.25) is 0 Å². The second-order valence-electron chi connectivity index (χ2n) is 13.5. The standard InChI is InChI=1S/C35H57OPS/c1-11-13-15-17-26(4)34(8,9)29-22-28(33(5,6)7)23-30(32(29)36)35(10,20-16-14-12-2)37-31-19-18-25(3)21-27(31)24-38/h18-19,21-23,26,36-38H,11-17,20,24H2,1-10H3. The van der Waals surface area contributed by atoms with E-state index in [2.05, 4.69) is 99.6 Å². The topological polar surface area (TPSA) is 20.2 Å². The van der Waals surface area contributed by atoms with Crippen LogP contribution in [0.15, 0.2) is 30.3 Å². The van der Waals surface area contributed by atoms with Crippen molar-refractivity contribution in [2.45, 2.75) is 142 Å². The second kappa shape index (κ2) is 14.1. The molecule has 0 fully saturated rings. The molecular formula is C35H57OPS. The first-order chi connectivity index (χ1) is 17.7. The van der Waals surface area contributed by atoms with Gasteiger partial charge in [-0.05, 0) is 52.9 Å². The molecule has 2 rings (SSSR count). The van der Waals surface area contributed by atoms with Crippen molar-refractivity contribution < 1.29 is 5.11 Å². The van der Waals surface area contributed by atoms with E-state index in [0.717, 1.165) is 23.3 Å². The minimum Gasteiger partial charge on any atom is -0.507 e. The summed E-state index contributed by atoms with van der Waals surface area (Å²) in [5.74, 6) is 1.78. The van der Waals surface area contributed by atoms with E-state index in [9.17, 15) is 5.11 Å². The van der Waals surface area contributed by atoms with Crippen LogP contribution in [0.5, 0.6) is 5.75 Å². The highest BCUT2D eigenvalue weighted by atomic mass is 32.1. The molecule has 0 aliphatic rings. The van der Waals surface area contributed by atoms with Gasteiger partial charge in [0, 0.05) is 22.0 Å². The van der Waals surface area contributed by atoms with Gasteiger partial charge in [-0.2, -0.15) is 12.6 Å². The lowest BCUT2D eigenvalue weighted by molar-refractivity contribution is 0.301. The van der Waals surface area contributed by atoms with E-state index < -0.39 is 0 Å². The molecule has 0 amide bonds. The normalized spacial score (nSPS) is 15.2. The number of benzene rings is 2. The number of phenolic OH excluding ortho intramolecular Hbond substituents is 1. The molecular weight excluding hydrogens is 499 g/mol. The molecule has 3 atom stereocenters. The monoisotopic (exact) mass is 556 g/mol. The van der Waals surface area contributed by atoms with Gasteiger partial charge in [0.05, 0.1) is 0 Å². The molecule has 0 aliphatic carbocycles. The smallest absolute Gasteiger partial charge is 0.123 e. The van der Waals surface area contributed by atoms with E-state index in [-0.39, 0.29) is 16.0 Å². The number of thiol groups is 1. The van der Waals surface area contributed by atoms with Crippen molar-refractivity contribution in [1.29, 1.82) is 0 Å².